The lowest BCUT2D eigenvalue weighted by Gasteiger charge is -2.39. The molecule has 13 heteroatoms. The lowest BCUT2D eigenvalue weighted by atomic mass is 10.2. The zero-order valence-corrected chi connectivity index (χ0v) is 41.3. The van der Waals surface area contributed by atoms with E-state index in [2.05, 4.69) is 0 Å². The van der Waals surface area contributed by atoms with E-state index in [1.54, 1.807) is 0 Å². The third kappa shape index (κ3) is 16.0. The molecule has 0 saturated carbocycles. The SMILES string of the molecule is c1ccc(CO[Si](OCc2ccccc2)(OCc2ccccc2)O[Si](OCc2ccccc2)(OCc2ccccc2)O[Si](OCc2ccccc2)(OCc2ccccc2)OCc2ccccc2)cc1. The van der Waals surface area contributed by atoms with Crippen LogP contribution in [0, 0.1) is 0 Å². The Morgan fingerprint density at radius 2 is 0.304 bits per heavy atom. The first kappa shape index (κ1) is 49.4. The number of benzene rings is 8. The molecule has 0 bridgehead atoms. The number of hydrogen-bond acceptors (Lipinski definition) is 10. The van der Waals surface area contributed by atoms with Crippen molar-refractivity contribution in [3.63, 3.8) is 0 Å². The third-order valence-electron chi connectivity index (χ3n) is 10.6. The molecule has 8 aromatic rings. The van der Waals surface area contributed by atoms with Gasteiger partial charge < -0.3 is 43.6 Å². The van der Waals surface area contributed by atoms with Crippen molar-refractivity contribution < 1.29 is 43.6 Å². The lowest BCUT2D eigenvalue weighted by Crippen LogP contribution is -2.67. The Morgan fingerprint density at radius 1 is 0.174 bits per heavy atom. The predicted octanol–water partition coefficient (Wildman–Crippen LogP) is 12.1. The summed E-state index contributed by atoms with van der Waals surface area (Å²) < 4.78 is 71.1. The van der Waals surface area contributed by atoms with E-state index in [0.717, 1.165) is 44.5 Å². The predicted molar refractivity (Wildman–Crippen MR) is 269 cm³/mol. The highest BCUT2D eigenvalue weighted by molar-refractivity contribution is 6.74. The van der Waals surface area contributed by atoms with Gasteiger partial charge >= 0.3 is 27.1 Å². The first-order chi connectivity index (χ1) is 34.0. The summed E-state index contributed by atoms with van der Waals surface area (Å²) in [5, 5.41) is 0. The summed E-state index contributed by atoms with van der Waals surface area (Å²) in [5.74, 6) is 0. The van der Waals surface area contributed by atoms with Gasteiger partial charge in [-0.05, 0) is 44.5 Å². The van der Waals surface area contributed by atoms with E-state index < -0.39 is 27.1 Å². The van der Waals surface area contributed by atoms with E-state index in [4.69, 9.17) is 43.6 Å². The molecule has 0 unspecified atom stereocenters. The van der Waals surface area contributed by atoms with E-state index in [1.807, 2.05) is 243 Å². The van der Waals surface area contributed by atoms with Crippen molar-refractivity contribution in [3.8, 4) is 0 Å². The van der Waals surface area contributed by atoms with Gasteiger partial charge in [-0.15, -0.1) is 0 Å². The maximum atomic E-state index is 7.49. The maximum absolute atomic E-state index is 7.49. The van der Waals surface area contributed by atoms with Crippen LogP contribution in [-0.2, 0) is 96.5 Å². The van der Waals surface area contributed by atoms with Crippen LogP contribution in [0.1, 0.15) is 44.5 Å². The second-order valence-electron chi connectivity index (χ2n) is 15.9. The van der Waals surface area contributed by atoms with Crippen molar-refractivity contribution in [1.29, 1.82) is 0 Å². The van der Waals surface area contributed by atoms with Crippen LogP contribution in [0.2, 0.25) is 0 Å². The molecule has 0 fully saturated rings. The van der Waals surface area contributed by atoms with Crippen molar-refractivity contribution >= 4 is 27.1 Å². The van der Waals surface area contributed by atoms with Crippen LogP contribution in [-0.4, -0.2) is 27.1 Å². The Labute approximate surface area is 409 Å². The molecule has 69 heavy (non-hydrogen) atoms. The molecule has 10 nitrogen and oxygen atoms in total. The zero-order chi connectivity index (χ0) is 47.1. The number of hydrogen-bond donors (Lipinski definition) is 0. The molecule has 0 spiro atoms. The maximum Gasteiger partial charge on any atom is 0.674 e. The molecule has 8 aromatic carbocycles. The van der Waals surface area contributed by atoms with Crippen LogP contribution in [0.4, 0.5) is 0 Å². The Bertz CT molecular complexity index is 2230. The van der Waals surface area contributed by atoms with Crippen molar-refractivity contribution in [1.82, 2.24) is 0 Å². The van der Waals surface area contributed by atoms with Crippen LogP contribution in [0.3, 0.4) is 0 Å². The molecule has 0 aliphatic carbocycles. The second-order valence-corrected chi connectivity index (χ2v) is 22.8. The third-order valence-corrected chi connectivity index (χ3v) is 18.6. The highest BCUT2D eigenvalue weighted by Gasteiger charge is 2.66. The van der Waals surface area contributed by atoms with Gasteiger partial charge in [0.15, 0.2) is 0 Å². The molecule has 0 aliphatic rings. The molecule has 0 amide bonds. The molecule has 0 heterocycles. The van der Waals surface area contributed by atoms with Crippen LogP contribution in [0.25, 0.3) is 0 Å². The van der Waals surface area contributed by atoms with Gasteiger partial charge in [0.2, 0.25) is 0 Å². The van der Waals surface area contributed by atoms with Crippen molar-refractivity contribution in [2.45, 2.75) is 52.9 Å². The van der Waals surface area contributed by atoms with E-state index in [9.17, 15) is 0 Å². The van der Waals surface area contributed by atoms with Crippen LogP contribution >= 0.6 is 0 Å². The van der Waals surface area contributed by atoms with E-state index in [1.165, 1.54) is 0 Å². The average Bonchev–Trinajstić information content (AvgIpc) is 3.43. The van der Waals surface area contributed by atoms with E-state index in [-0.39, 0.29) is 52.9 Å². The van der Waals surface area contributed by atoms with Gasteiger partial charge in [0.1, 0.15) is 0 Å². The minimum Gasteiger partial charge on any atom is -0.348 e. The van der Waals surface area contributed by atoms with Gasteiger partial charge in [-0.1, -0.05) is 243 Å². The summed E-state index contributed by atoms with van der Waals surface area (Å²) in [6.45, 7) is 0.315. The first-order valence-corrected chi connectivity index (χ1v) is 27.8. The molecule has 0 N–H and O–H groups in total. The number of rotatable bonds is 28. The van der Waals surface area contributed by atoms with E-state index >= 15 is 0 Å². The van der Waals surface area contributed by atoms with Gasteiger partial charge in [-0.25, -0.2) is 0 Å². The van der Waals surface area contributed by atoms with Gasteiger partial charge in [0.05, 0.1) is 52.9 Å². The molecule has 0 radical (unpaired) electrons. The summed E-state index contributed by atoms with van der Waals surface area (Å²) in [7, 11) is -14.0. The van der Waals surface area contributed by atoms with Crippen LogP contribution < -0.4 is 0 Å². The van der Waals surface area contributed by atoms with Gasteiger partial charge in [-0.2, -0.15) is 0 Å². The fourth-order valence-electron chi connectivity index (χ4n) is 6.88. The summed E-state index contributed by atoms with van der Waals surface area (Å²) in [6, 6.07) is 78.2. The Kier molecular flexibility index (Phi) is 18.7. The normalized spacial score (nSPS) is 11.9. The van der Waals surface area contributed by atoms with Gasteiger partial charge in [-0.3, -0.25) is 0 Å². The summed E-state index contributed by atoms with van der Waals surface area (Å²) >= 11 is 0. The van der Waals surface area contributed by atoms with Crippen molar-refractivity contribution in [2.75, 3.05) is 0 Å². The lowest BCUT2D eigenvalue weighted by molar-refractivity contribution is -0.0953. The summed E-state index contributed by atoms with van der Waals surface area (Å²) in [5.41, 5.74) is 6.82. The van der Waals surface area contributed by atoms with Crippen LogP contribution in [0.5, 0.6) is 0 Å². The largest absolute Gasteiger partial charge is 0.674 e. The summed E-state index contributed by atoms with van der Waals surface area (Å²) in [4.78, 5) is 0. The fraction of sp³-hybridized carbons (Fsp3) is 0.143. The molecule has 352 valence electrons. The highest BCUT2D eigenvalue weighted by Crippen LogP contribution is 2.33. The second kappa shape index (κ2) is 26.1. The molecular weight excluding hydrogens is 917 g/mol. The van der Waals surface area contributed by atoms with E-state index in [0.29, 0.717) is 0 Å². The topological polar surface area (TPSA) is 92.3 Å². The molecular formula is C56H56O10Si3. The van der Waals surface area contributed by atoms with Crippen molar-refractivity contribution in [2.24, 2.45) is 0 Å². The molecule has 0 aliphatic heterocycles. The van der Waals surface area contributed by atoms with Crippen LogP contribution in [0.15, 0.2) is 243 Å². The van der Waals surface area contributed by atoms with Crippen molar-refractivity contribution in [3.05, 3.63) is 287 Å². The molecule has 0 aromatic heterocycles. The molecule has 0 saturated heterocycles. The Hall–Kier alpha value is -5.99. The highest BCUT2D eigenvalue weighted by atomic mass is 28.5. The average molecular weight is 973 g/mol. The molecule has 0 atom stereocenters. The Balaban J connectivity index is 1.29. The monoisotopic (exact) mass is 972 g/mol. The zero-order valence-electron chi connectivity index (χ0n) is 38.3. The summed E-state index contributed by atoms with van der Waals surface area (Å²) in [6.07, 6.45) is 0. The first-order valence-electron chi connectivity index (χ1n) is 22.9. The minimum atomic E-state index is -4.89. The fourth-order valence-corrected chi connectivity index (χ4v) is 15.6. The van der Waals surface area contributed by atoms with Gasteiger partial charge in [0, 0.05) is 0 Å². The standard InChI is InChI=1S/C56H56O10Si3/c1-9-25-49(26-10-1)41-57-67(58-42-50-27-11-2-12-28-50,59-43-51-29-13-3-14-30-51)65-69(63-47-55-37-21-7-22-38-55,64-48-56-39-23-8-24-40-56)66-68(60-44-52-31-15-4-16-32-52,61-45-53-33-17-5-18-34-53)62-46-54-35-19-6-20-36-54/h1-40H,41-48H2. The minimum absolute atomic E-state index is 0.0110. The smallest absolute Gasteiger partial charge is 0.348 e. The molecule has 8 rings (SSSR count). The Morgan fingerprint density at radius 3 is 0.449 bits per heavy atom. The van der Waals surface area contributed by atoms with Gasteiger partial charge in [0.25, 0.3) is 0 Å². The quantitative estimate of drug-likeness (QED) is 0.0442.